The van der Waals surface area contributed by atoms with Crippen molar-refractivity contribution < 1.29 is 9.21 Å². The highest BCUT2D eigenvalue weighted by atomic mass is 32.2. The van der Waals surface area contributed by atoms with Crippen LogP contribution in [0.15, 0.2) is 9.64 Å². The van der Waals surface area contributed by atoms with Crippen molar-refractivity contribution in [3.8, 4) is 0 Å². The lowest BCUT2D eigenvalue weighted by atomic mass is 10.2. The van der Waals surface area contributed by atoms with Gasteiger partial charge in [-0.1, -0.05) is 25.6 Å². The molecule has 0 saturated carbocycles. The number of aromatic nitrogens is 2. The fourth-order valence-corrected chi connectivity index (χ4v) is 1.49. The fraction of sp³-hybridized carbons (Fsp3) is 0.667. The zero-order chi connectivity index (χ0) is 12.0. The molecule has 3 N–H and O–H groups in total. The molecule has 1 aromatic heterocycles. The summed E-state index contributed by atoms with van der Waals surface area (Å²) < 4.78 is 5.14. The summed E-state index contributed by atoms with van der Waals surface area (Å²) in [5.74, 6) is 1.07. The zero-order valence-corrected chi connectivity index (χ0v) is 10.2. The Labute approximate surface area is 98.4 Å². The molecule has 0 atom stereocenters. The SMILES string of the molecule is CC(C)CNC(=O)CSc1nnc(CN)o1. The molecule has 16 heavy (non-hydrogen) atoms. The lowest BCUT2D eigenvalue weighted by Crippen LogP contribution is -2.28. The Morgan fingerprint density at radius 3 is 2.88 bits per heavy atom. The summed E-state index contributed by atoms with van der Waals surface area (Å²) in [6.07, 6.45) is 0. The van der Waals surface area contributed by atoms with Gasteiger partial charge in [0, 0.05) is 6.54 Å². The monoisotopic (exact) mass is 244 g/mol. The number of rotatable bonds is 6. The zero-order valence-electron chi connectivity index (χ0n) is 9.40. The van der Waals surface area contributed by atoms with Crippen molar-refractivity contribution in [3.63, 3.8) is 0 Å². The molecule has 1 rings (SSSR count). The molecule has 7 heteroatoms. The van der Waals surface area contributed by atoms with E-state index in [1.54, 1.807) is 0 Å². The van der Waals surface area contributed by atoms with E-state index in [1.807, 2.05) is 13.8 Å². The molecular formula is C9H16N4O2S. The van der Waals surface area contributed by atoms with E-state index in [0.717, 1.165) is 0 Å². The van der Waals surface area contributed by atoms with Crippen molar-refractivity contribution in [2.24, 2.45) is 11.7 Å². The van der Waals surface area contributed by atoms with Crippen molar-refractivity contribution in [1.82, 2.24) is 15.5 Å². The first-order chi connectivity index (χ1) is 7.61. The molecule has 1 aromatic rings. The van der Waals surface area contributed by atoms with E-state index in [2.05, 4.69) is 15.5 Å². The molecule has 6 nitrogen and oxygen atoms in total. The van der Waals surface area contributed by atoms with Crippen LogP contribution in [-0.2, 0) is 11.3 Å². The minimum absolute atomic E-state index is 0.0359. The second-order valence-corrected chi connectivity index (χ2v) is 4.58. The summed E-state index contributed by atoms with van der Waals surface area (Å²) >= 11 is 1.21. The van der Waals surface area contributed by atoms with E-state index in [9.17, 15) is 4.79 Å². The number of hydrogen-bond acceptors (Lipinski definition) is 6. The third-order valence-corrected chi connectivity index (χ3v) is 2.48. The largest absolute Gasteiger partial charge is 0.415 e. The van der Waals surface area contributed by atoms with E-state index in [1.165, 1.54) is 11.8 Å². The van der Waals surface area contributed by atoms with Crippen LogP contribution in [0, 0.1) is 5.92 Å². The average Bonchev–Trinajstić information content (AvgIpc) is 2.71. The maximum atomic E-state index is 11.4. The summed E-state index contributed by atoms with van der Waals surface area (Å²) in [6.45, 7) is 4.97. The second kappa shape index (κ2) is 6.49. The van der Waals surface area contributed by atoms with Crippen molar-refractivity contribution >= 4 is 17.7 Å². The summed E-state index contributed by atoms with van der Waals surface area (Å²) in [4.78, 5) is 11.4. The molecule has 0 spiro atoms. The Morgan fingerprint density at radius 1 is 1.56 bits per heavy atom. The van der Waals surface area contributed by atoms with Crippen LogP contribution in [0.3, 0.4) is 0 Å². The molecule has 0 aromatic carbocycles. The first kappa shape index (κ1) is 13.0. The average molecular weight is 244 g/mol. The molecule has 0 bridgehead atoms. The van der Waals surface area contributed by atoms with Gasteiger partial charge in [0.2, 0.25) is 11.8 Å². The maximum absolute atomic E-state index is 11.4. The summed E-state index contributed by atoms with van der Waals surface area (Å²) in [5.41, 5.74) is 5.32. The van der Waals surface area contributed by atoms with Gasteiger partial charge in [-0.25, -0.2) is 0 Å². The number of nitrogens with zero attached hydrogens (tertiary/aromatic N) is 2. The Morgan fingerprint density at radius 2 is 2.31 bits per heavy atom. The fourth-order valence-electron chi connectivity index (χ4n) is 0.875. The molecule has 0 aliphatic carbocycles. The minimum atomic E-state index is -0.0359. The number of nitrogens with one attached hydrogen (secondary N) is 1. The summed E-state index contributed by atoms with van der Waals surface area (Å²) in [7, 11) is 0. The van der Waals surface area contributed by atoms with Gasteiger partial charge < -0.3 is 15.5 Å². The summed E-state index contributed by atoms with van der Waals surface area (Å²) in [6, 6.07) is 0. The number of nitrogens with two attached hydrogens (primary N) is 1. The normalized spacial score (nSPS) is 10.8. The van der Waals surface area contributed by atoms with Gasteiger partial charge in [-0.3, -0.25) is 4.79 Å². The van der Waals surface area contributed by atoms with Crippen LogP contribution in [0.1, 0.15) is 19.7 Å². The number of amides is 1. The van der Waals surface area contributed by atoms with Crippen LogP contribution >= 0.6 is 11.8 Å². The Balaban J connectivity index is 2.26. The highest BCUT2D eigenvalue weighted by Gasteiger charge is 2.08. The smallest absolute Gasteiger partial charge is 0.277 e. The number of carbonyl (C=O) groups is 1. The standard InChI is InChI=1S/C9H16N4O2S/c1-6(2)4-11-7(14)5-16-9-13-12-8(3-10)15-9/h6H,3-5,10H2,1-2H3,(H,11,14). The molecule has 0 saturated heterocycles. The molecule has 0 unspecified atom stereocenters. The minimum Gasteiger partial charge on any atom is -0.415 e. The Hall–Kier alpha value is -1.08. The van der Waals surface area contributed by atoms with E-state index in [4.69, 9.17) is 10.2 Å². The van der Waals surface area contributed by atoms with Crippen LogP contribution in [0.4, 0.5) is 0 Å². The van der Waals surface area contributed by atoms with Crippen LogP contribution < -0.4 is 11.1 Å². The molecule has 0 aliphatic heterocycles. The van der Waals surface area contributed by atoms with E-state index >= 15 is 0 Å². The van der Waals surface area contributed by atoms with Gasteiger partial charge in [-0.05, 0) is 5.92 Å². The first-order valence-corrected chi connectivity index (χ1v) is 6.02. The highest BCUT2D eigenvalue weighted by Crippen LogP contribution is 2.15. The number of hydrogen-bond donors (Lipinski definition) is 2. The predicted octanol–water partition coefficient (Wildman–Crippen LogP) is 0.393. The van der Waals surface area contributed by atoms with Crippen molar-refractivity contribution in [3.05, 3.63) is 5.89 Å². The van der Waals surface area contributed by atoms with Crippen LogP contribution in [0.5, 0.6) is 0 Å². The topological polar surface area (TPSA) is 94.0 Å². The van der Waals surface area contributed by atoms with Crippen LogP contribution in [0.2, 0.25) is 0 Å². The van der Waals surface area contributed by atoms with Crippen molar-refractivity contribution in [2.75, 3.05) is 12.3 Å². The second-order valence-electron chi connectivity index (χ2n) is 3.65. The highest BCUT2D eigenvalue weighted by molar-refractivity contribution is 7.99. The van der Waals surface area contributed by atoms with Crippen molar-refractivity contribution in [2.45, 2.75) is 25.6 Å². The quantitative estimate of drug-likeness (QED) is 0.703. The van der Waals surface area contributed by atoms with Gasteiger partial charge in [0.25, 0.3) is 5.22 Å². The number of thioether (sulfide) groups is 1. The lowest BCUT2D eigenvalue weighted by Gasteiger charge is -2.05. The molecule has 0 radical (unpaired) electrons. The third kappa shape index (κ3) is 4.63. The Bertz CT molecular complexity index is 340. The number of carbonyl (C=O) groups excluding carboxylic acids is 1. The third-order valence-electron chi connectivity index (χ3n) is 1.66. The lowest BCUT2D eigenvalue weighted by molar-refractivity contribution is -0.118. The van der Waals surface area contributed by atoms with Gasteiger partial charge in [0.1, 0.15) is 0 Å². The summed E-state index contributed by atoms with van der Waals surface area (Å²) in [5, 5.41) is 10.6. The molecule has 0 fully saturated rings. The van der Waals surface area contributed by atoms with Crippen LogP contribution in [0.25, 0.3) is 0 Å². The maximum Gasteiger partial charge on any atom is 0.277 e. The van der Waals surface area contributed by atoms with Gasteiger partial charge in [-0.2, -0.15) is 0 Å². The molecule has 1 heterocycles. The molecule has 0 aliphatic rings. The Kier molecular flexibility index (Phi) is 5.27. The van der Waals surface area contributed by atoms with Crippen molar-refractivity contribution in [1.29, 1.82) is 0 Å². The first-order valence-electron chi connectivity index (χ1n) is 5.03. The van der Waals surface area contributed by atoms with E-state index in [-0.39, 0.29) is 18.2 Å². The molecule has 1 amide bonds. The predicted molar refractivity (Wildman–Crippen MR) is 60.8 cm³/mol. The van der Waals surface area contributed by atoms with E-state index < -0.39 is 0 Å². The van der Waals surface area contributed by atoms with E-state index in [0.29, 0.717) is 23.6 Å². The van der Waals surface area contributed by atoms with Crippen LogP contribution in [-0.4, -0.2) is 28.4 Å². The van der Waals surface area contributed by atoms with Gasteiger partial charge in [0.05, 0.1) is 12.3 Å². The van der Waals surface area contributed by atoms with Gasteiger partial charge >= 0.3 is 0 Å². The van der Waals surface area contributed by atoms with Gasteiger partial charge in [-0.15, -0.1) is 10.2 Å². The van der Waals surface area contributed by atoms with Gasteiger partial charge in [0.15, 0.2) is 0 Å². The molecule has 90 valence electrons. The molecular weight excluding hydrogens is 228 g/mol.